The predicted molar refractivity (Wildman–Crippen MR) is 275 cm³/mol. The third kappa shape index (κ3) is 50.6. The first-order valence-corrected chi connectivity index (χ1v) is 28.0. The van der Waals surface area contributed by atoms with Crippen LogP contribution in [0.2, 0.25) is 0 Å². The zero-order chi connectivity index (χ0) is 46.5. The normalized spacial score (nSPS) is 12.2. The molecule has 0 rings (SSSR count). The third-order valence-corrected chi connectivity index (χ3v) is 12.4. The molecule has 0 saturated heterocycles. The molecule has 0 radical (unpaired) electrons. The lowest BCUT2D eigenvalue weighted by molar-refractivity contribution is -0.167. The van der Waals surface area contributed by atoms with E-state index in [0.717, 1.165) is 83.5 Å². The summed E-state index contributed by atoms with van der Waals surface area (Å²) in [5.74, 6) is -0.888. The van der Waals surface area contributed by atoms with Crippen LogP contribution in [-0.4, -0.2) is 37.2 Å². The van der Waals surface area contributed by atoms with Gasteiger partial charge in [0.2, 0.25) is 0 Å². The molecule has 0 aliphatic rings. The van der Waals surface area contributed by atoms with Gasteiger partial charge in [0.15, 0.2) is 6.10 Å². The Morgan fingerprint density at radius 2 is 0.562 bits per heavy atom. The van der Waals surface area contributed by atoms with Gasteiger partial charge in [-0.3, -0.25) is 14.4 Å². The van der Waals surface area contributed by atoms with Crippen LogP contribution in [-0.2, 0) is 28.6 Å². The molecule has 0 aliphatic carbocycles. The van der Waals surface area contributed by atoms with E-state index >= 15 is 0 Å². The van der Waals surface area contributed by atoms with E-state index < -0.39 is 6.10 Å². The highest BCUT2D eigenvalue weighted by Crippen LogP contribution is 2.15. The van der Waals surface area contributed by atoms with Gasteiger partial charge in [0, 0.05) is 19.3 Å². The van der Waals surface area contributed by atoms with E-state index in [4.69, 9.17) is 14.2 Å². The first-order valence-electron chi connectivity index (χ1n) is 28.0. The van der Waals surface area contributed by atoms with Crippen LogP contribution in [0.1, 0.15) is 297 Å². The van der Waals surface area contributed by atoms with E-state index in [1.54, 1.807) is 0 Å². The summed E-state index contributed by atoms with van der Waals surface area (Å²) in [7, 11) is 0. The van der Waals surface area contributed by atoms with Crippen LogP contribution in [0, 0.1) is 0 Å². The van der Waals surface area contributed by atoms with Crippen LogP contribution in [0.5, 0.6) is 0 Å². The molecule has 0 spiro atoms. The predicted octanol–water partition coefficient (Wildman–Crippen LogP) is 18.5. The molecule has 0 aromatic carbocycles. The summed E-state index contributed by atoms with van der Waals surface area (Å²) in [5.41, 5.74) is 0. The maximum absolute atomic E-state index is 12.8. The van der Waals surface area contributed by atoms with Crippen molar-refractivity contribution in [1.82, 2.24) is 0 Å². The van der Waals surface area contributed by atoms with Crippen LogP contribution < -0.4 is 0 Å². The molecule has 0 aliphatic heterocycles. The Balaban J connectivity index is 4.37. The standard InChI is InChI=1S/C58H106O6/c1-4-7-10-13-16-19-22-25-27-29-30-32-33-36-39-42-45-48-51-57(60)63-54-55(53-62-56(59)50-47-44-41-38-35-24-21-18-15-12-9-6-3)64-58(61)52-49-46-43-40-37-34-31-28-26-23-20-17-14-11-8-5-2/h27-32,55H,4-26,33-54H2,1-3H3/b29-27-,31-28-,32-30-. The van der Waals surface area contributed by atoms with Gasteiger partial charge in [0.1, 0.15) is 13.2 Å². The maximum atomic E-state index is 12.8. The number of allylic oxidation sites excluding steroid dienone is 6. The van der Waals surface area contributed by atoms with Crippen molar-refractivity contribution in [3.05, 3.63) is 36.5 Å². The summed E-state index contributed by atoms with van der Waals surface area (Å²) in [5, 5.41) is 0. The molecule has 0 bridgehead atoms. The monoisotopic (exact) mass is 899 g/mol. The fourth-order valence-corrected chi connectivity index (χ4v) is 8.14. The number of ether oxygens (including phenoxy) is 3. The molecule has 0 aromatic heterocycles. The van der Waals surface area contributed by atoms with Crippen molar-refractivity contribution in [1.29, 1.82) is 0 Å². The average Bonchev–Trinajstić information content (AvgIpc) is 3.29. The molecule has 1 atom stereocenters. The van der Waals surface area contributed by atoms with Crippen LogP contribution >= 0.6 is 0 Å². The van der Waals surface area contributed by atoms with E-state index in [1.165, 1.54) is 173 Å². The van der Waals surface area contributed by atoms with Crippen LogP contribution in [0.4, 0.5) is 0 Å². The Hall–Kier alpha value is -2.37. The fraction of sp³-hybridized carbons (Fsp3) is 0.845. The number of hydrogen-bond acceptors (Lipinski definition) is 6. The molecule has 0 saturated carbocycles. The minimum atomic E-state index is -0.779. The van der Waals surface area contributed by atoms with Gasteiger partial charge in [-0.15, -0.1) is 0 Å². The zero-order valence-electron chi connectivity index (χ0n) is 42.8. The Morgan fingerprint density at radius 3 is 0.875 bits per heavy atom. The molecule has 374 valence electrons. The Labute approximate surface area is 397 Å². The second-order valence-corrected chi connectivity index (χ2v) is 18.9. The van der Waals surface area contributed by atoms with E-state index in [0.29, 0.717) is 19.3 Å². The van der Waals surface area contributed by atoms with Crippen molar-refractivity contribution in [3.8, 4) is 0 Å². The van der Waals surface area contributed by atoms with Gasteiger partial charge in [-0.1, -0.05) is 243 Å². The molecule has 1 unspecified atom stereocenters. The van der Waals surface area contributed by atoms with Gasteiger partial charge in [0.25, 0.3) is 0 Å². The van der Waals surface area contributed by atoms with Crippen LogP contribution in [0.25, 0.3) is 0 Å². The van der Waals surface area contributed by atoms with Crippen molar-refractivity contribution in [2.75, 3.05) is 13.2 Å². The first kappa shape index (κ1) is 61.6. The summed E-state index contributed by atoms with van der Waals surface area (Å²) in [6, 6.07) is 0. The number of unbranched alkanes of at least 4 members (excludes halogenated alkanes) is 35. The fourth-order valence-electron chi connectivity index (χ4n) is 8.14. The highest BCUT2D eigenvalue weighted by molar-refractivity contribution is 5.71. The quantitative estimate of drug-likeness (QED) is 0.0199. The lowest BCUT2D eigenvalue weighted by Gasteiger charge is -2.18. The number of carbonyl (C=O) groups excluding carboxylic acids is 3. The SMILES string of the molecule is CCCCCCCCC/C=C\C=C/CCCCCCCC(=O)OCC(COC(=O)CCCCCCCCCCCCCC)OC(=O)CCCCCCC/C=C\CCCCCCCCC. The summed E-state index contributed by atoms with van der Waals surface area (Å²) in [6.07, 6.45) is 62.7. The van der Waals surface area contributed by atoms with Crippen molar-refractivity contribution >= 4 is 17.9 Å². The summed E-state index contributed by atoms with van der Waals surface area (Å²) >= 11 is 0. The molecular weight excluding hydrogens is 793 g/mol. The Morgan fingerprint density at radius 1 is 0.312 bits per heavy atom. The second-order valence-electron chi connectivity index (χ2n) is 18.9. The number of carbonyl (C=O) groups is 3. The van der Waals surface area contributed by atoms with Crippen molar-refractivity contribution < 1.29 is 28.6 Å². The van der Waals surface area contributed by atoms with Gasteiger partial charge < -0.3 is 14.2 Å². The minimum Gasteiger partial charge on any atom is -0.462 e. The zero-order valence-corrected chi connectivity index (χ0v) is 42.8. The highest BCUT2D eigenvalue weighted by atomic mass is 16.6. The lowest BCUT2D eigenvalue weighted by atomic mass is 10.0. The van der Waals surface area contributed by atoms with E-state index in [1.807, 2.05) is 0 Å². The molecule has 0 fully saturated rings. The molecule has 0 heterocycles. The molecule has 0 amide bonds. The third-order valence-electron chi connectivity index (χ3n) is 12.4. The molecule has 0 aromatic rings. The van der Waals surface area contributed by atoms with Crippen molar-refractivity contribution in [3.63, 3.8) is 0 Å². The maximum Gasteiger partial charge on any atom is 0.306 e. The van der Waals surface area contributed by atoms with Gasteiger partial charge in [-0.25, -0.2) is 0 Å². The minimum absolute atomic E-state index is 0.0774. The summed E-state index contributed by atoms with van der Waals surface area (Å²) < 4.78 is 16.8. The number of rotatable bonds is 51. The van der Waals surface area contributed by atoms with Crippen molar-refractivity contribution in [2.24, 2.45) is 0 Å². The molecule has 64 heavy (non-hydrogen) atoms. The van der Waals surface area contributed by atoms with Gasteiger partial charge >= 0.3 is 17.9 Å². The second kappa shape index (κ2) is 53.2. The largest absolute Gasteiger partial charge is 0.462 e. The number of esters is 3. The number of hydrogen-bond donors (Lipinski definition) is 0. The van der Waals surface area contributed by atoms with Gasteiger partial charge in [-0.05, 0) is 70.6 Å². The van der Waals surface area contributed by atoms with E-state index in [9.17, 15) is 14.4 Å². The summed E-state index contributed by atoms with van der Waals surface area (Å²) in [4.78, 5) is 38.1. The first-order chi connectivity index (χ1) is 31.5. The van der Waals surface area contributed by atoms with E-state index in [2.05, 4.69) is 57.2 Å². The van der Waals surface area contributed by atoms with Crippen LogP contribution in [0.15, 0.2) is 36.5 Å². The Kier molecular flexibility index (Phi) is 51.3. The lowest BCUT2D eigenvalue weighted by Crippen LogP contribution is -2.30. The topological polar surface area (TPSA) is 78.9 Å². The smallest absolute Gasteiger partial charge is 0.306 e. The molecule has 6 heteroatoms. The van der Waals surface area contributed by atoms with Gasteiger partial charge in [-0.2, -0.15) is 0 Å². The van der Waals surface area contributed by atoms with Crippen LogP contribution in [0.3, 0.4) is 0 Å². The molecule has 0 N–H and O–H groups in total. The van der Waals surface area contributed by atoms with E-state index in [-0.39, 0.29) is 31.1 Å². The van der Waals surface area contributed by atoms with Crippen molar-refractivity contribution in [2.45, 2.75) is 303 Å². The highest BCUT2D eigenvalue weighted by Gasteiger charge is 2.19. The Bertz CT molecular complexity index is 1080. The summed E-state index contributed by atoms with van der Waals surface area (Å²) in [6.45, 7) is 6.64. The molecule has 6 nitrogen and oxygen atoms in total. The molecular formula is C58H106O6. The van der Waals surface area contributed by atoms with Gasteiger partial charge in [0.05, 0.1) is 0 Å². The average molecular weight is 899 g/mol.